The molecule has 0 amide bonds. The number of hydrogen-bond acceptors (Lipinski definition) is 3. The van der Waals surface area contributed by atoms with Gasteiger partial charge in [0.05, 0.1) is 5.03 Å². The quantitative estimate of drug-likeness (QED) is 0.854. The lowest BCUT2D eigenvalue weighted by atomic mass is 10.2. The summed E-state index contributed by atoms with van der Waals surface area (Å²) < 4.78 is 0. The van der Waals surface area contributed by atoms with Gasteiger partial charge in [-0.25, -0.2) is 4.98 Å². The molecule has 0 radical (unpaired) electrons. The van der Waals surface area contributed by atoms with E-state index in [1.807, 2.05) is 37.3 Å². The molecule has 17 heavy (non-hydrogen) atoms. The number of aryl methyl sites for hydroxylation is 1. The summed E-state index contributed by atoms with van der Waals surface area (Å²) in [5, 5.41) is 1.72. The fraction of sp³-hybridized carbons (Fsp3) is 0.154. The molecule has 0 bridgehead atoms. The summed E-state index contributed by atoms with van der Waals surface area (Å²) in [7, 11) is 0. The van der Waals surface area contributed by atoms with Crippen molar-refractivity contribution < 1.29 is 0 Å². The maximum atomic E-state index is 6.09. The Morgan fingerprint density at radius 2 is 2.12 bits per heavy atom. The largest absolute Gasteiger partial charge is 0.398 e. The smallest absolute Gasteiger partial charge is 0.0983 e. The van der Waals surface area contributed by atoms with Gasteiger partial charge in [-0.1, -0.05) is 29.8 Å². The number of anilines is 1. The summed E-state index contributed by atoms with van der Waals surface area (Å²) in [5.74, 6) is 0.801. The summed E-state index contributed by atoms with van der Waals surface area (Å²) in [6, 6.07) is 9.73. The van der Waals surface area contributed by atoms with Crippen LogP contribution in [-0.2, 0) is 5.75 Å². The van der Waals surface area contributed by atoms with Gasteiger partial charge in [-0.05, 0) is 30.2 Å². The van der Waals surface area contributed by atoms with E-state index in [1.165, 1.54) is 0 Å². The topological polar surface area (TPSA) is 38.9 Å². The van der Waals surface area contributed by atoms with E-state index in [9.17, 15) is 0 Å². The van der Waals surface area contributed by atoms with Gasteiger partial charge in [-0.15, -0.1) is 11.8 Å². The lowest BCUT2D eigenvalue weighted by Crippen LogP contribution is -1.92. The lowest BCUT2D eigenvalue weighted by Gasteiger charge is -2.05. The minimum absolute atomic E-state index is 0.779. The predicted octanol–water partition coefficient (Wildman–Crippen LogP) is 3.92. The van der Waals surface area contributed by atoms with E-state index in [4.69, 9.17) is 17.3 Å². The first-order valence-corrected chi connectivity index (χ1v) is 6.61. The summed E-state index contributed by atoms with van der Waals surface area (Å²) in [5.41, 5.74) is 8.74. The summed E-state index contributed by atoms with van der Waals surface area (Å²) in [4.78, 5) is 4.32. The molecule has 1 heterocycles. The Morgan fingerprint density at radius 3 is 2.82 bits per heavy atom. The van der Waals surface area contributed by atoms with Gasteiger partial charge in [0.25, 0.3) is 0 Å². The van der Waals surface area contributed by atoms with Crippen molar-refractivity contribution in [2.75, 3.05) is 5.73 Å². The minimum Gasteiger partial charge on any atom is -0.398 e. The third kappa shape index (κ3) is 3.14. The number of aromatic nitrogens is 1. The van der Waals surface area contributed by atoms with E-state index in [2.05, 4.69) is 4.98 Å². The number of pyridine rings is 1. The van der Waals surface area contributed by atoms with Crippen molar-refractivity contribution in [1.82, 2.24) is 4.98 Å². The molecule has 4 heteroatoms. The van der Waals surface area contributed by atoms with Gasteiger partial charge in [-0.3, -0.25) is 0 Å². The molecule has 0 aliphatic rings. The molecular weight excluding hydrogens is 252 g/mol. The number of thioether (sulfide) groups is 1. The molecule has 0 aliphatic heterocycles. The van der Waals surface area contributed by atoms with Gasteiger partial charge in [0, 0.05) is 22.7 Å². The molecule has 2 aromatic rings. The van der Waals surface area contributed by atoms with Crippen LogP contribution in [0.15, 0.2) is 41.6 Å². The zero-order chi connectivity index (χ0) is 12.3. The monoisotopic (exact) mass is 264 g/mol. The summed E-state index contributed by atoms with van der Waals surface area (Å²) in [6.07, 6.45) is 1.80. The maximum Gasteiger partial charge on any atom is 0.0983 e. The Labute approximate surface area is 110 Å². The van der Waals surface area contributed by atoms with Crippen LogP contribution >= 0.6 is 23.4 Å². The van der Waals surface area contributed by atoms with Crippen molar-refractivity contribution in [1.29, 1.82) is 0 Å². The molecule has 1 aromatic carbocycles. The fourth-order valence-electron chi connectivity index (χ4n) is 1.37. The molecule has 0 atom stereocenters. The van der Waals surface area contributed by atoms with E-state index in [1.54, 1.807) is 18.0 Å². The fourth-order valence-corrected chi connectivity index (χ4v) is 2.54. The van der Waals surface area contributed by atoms with E-state index < -0.39 is 0 Å². The van der Waals surface area contributed by atoms with Gasteiger partial charge >= 0.3 is 0 Å². The molecule has 0 aliphatic carbocycles. The molecular formula is C13H13ClN2S. The van der Waals surface area contributed by atoms with E-state index in [0.717, 1.165) is 32.6 Å². The van der Waals surface area contributed by atoms with Crippen LogP contribution in [0, 0.1) is 6.92 Å². The van der Waals surface area contributed by atoms with Gasteiger partial charge in [0.15, 0.2) is 0 Å². The number of nitrogen functional groups attached to an aromatic ring is 1. The molecule has 88 valence electrons. The van der Waals surface area contributed by atoms with Crippen LogP contribution in [0.4, 0.5) is 5.69 Å². The zero-order valence-electron chi connectivity index (χ0n) is 9.48. The second-order valence-corrected chi connectivity index (χ2v) is 5.16. The summed E-state index contributed by atoms with van der Waals surface area (Å²) >= 11 is 7.72. The van der Waals surface area contributed by atoms with Gasteiger partial charge in [0.1, 0.15) is 0 Å². The van der Waals surface area contributed by atoms with E-state index in [0.29, 0.717) is 0 Å². The Balaban J connectivity index is 2.08. The van der Waals surface area contributed by atoms with Crippen molar-refractivity contribution in [2.45, 2.75) is 17.7 Å². The van der Waals surface area contributed by atoms with Gasteiger partial charge in [-0.2, -0.15) is 0 Å². The minimum atomic E-state index is 0.779. The van der Waals surface area contributed by atoms with Crippen LogP contribution in [0.2, 0.25) is 5.02 Å². The normalized spacial score (nSPS) is 10.5. The number of rotatable bonds is 3. The number of nitrogens with zero attached hydrogens (tertiary/aromatic N) is 1. The van der Waals surface area contributed by atoms with Gasteiger partial charge < -0.3 is 5.73 Å². The second kappa shape index (κ2) is 5.43. The highest BCUT2D eigenvalue weighted by Gasteiger charge is 2.03. The molecule has 0 unspecified atom stereocenters. The first-order valence-electron chi connectivity index (χ1n) is 5.25. The average Bonchev–Trinajstić information content (AvgIpc) is 2.32. The van der Waals surface area contributed by atoms with Crippen molar-refractivity contribution in [3.05, 3.63) is 52.7 Å². The SMILES string of the molecule is Cc1cnc(SCc2ccccc2Cl)cc1N. The third-order valence-corrected chi connectivity index (χ3v) is 3.80. The predicted molar refractivity (Wildman–Crippen MR) is 74.4 cm³/mol. The zero-order valence-corrected chi connectivity index (χ0v) is 11.1. The van der Waals surface area contributed by atoms with Gasteiger partial charge in [0.2, 0.25) is 0 Å². The molecule has 2 N–H and O–H groups in total. The summed E-state index contributed by atoms with van der Waals surface area (Å²) in [6.45, 7) is 1.95. The number of nitrogens with two attached hydrogens (primary N) is 1. The molecule has 0 fully saturated rings. The Hall–Kier alpha value is -1.19. The Morgan fingerprint density at radius 1 is 1.35 bits per heavy atom. The number of hydrogen-bond donors (Lipinski definition) is 1. The molecule has 0 spiro atoms. The maximum absolute atomic E-state index is 6.09. The van der Waals surface area contributed by atoms with Crippen molar-refractivity contribution in [2.24, 2.45) is 0 Å². The van der Waals surface area contributed by atoms with Crippen LogP contribution in [0.1, 0.15) is 11.1 Å². The van der Waals surface area contributed by atoms with E-state index >= 15 is 0 Å². The molecule has 2 rings (SSSR count). The van der Waals surface area contributed by atoms with Crippen molar-refractivity contribution >= 4 is 29.1 Å². The van der Waals surface area contributed by atoms with Crippen LogP contribution in [0.3, 0.4) is 0 Å². The third-order valence-electron chi connectivity index (χ3n) is 2.45. The average molecular weight is 265 g/mol. The Kier molecular flexibility index (Phi) is 3.92. The number of halogens is 1. The Bertz CT molecular complexity index is 529. The molecule has 2 nitrogen and oxygen atoms in total. The first-order chi connectivity index (χ1) is 8.16. The van der Waals surface area contributed by atoms with Crippen LogP contribution < -0.4 is 5.73 Å². The lowest BCUT2D eigenvalue weighted by molar-refractivity contribution is 1.11. The van der Waals surface area contributed by atoms with Crippen LogP contribution in [0.25, 0.3) is 0 Å². The highest BCUT2D eigenvalue weighted by atomic mass is 35.5. The highest BCUT2D eigenvalue weighted by Crippen LogP contribution is 2.26. The van der Waals surface area contributed by atoms with Crippen molar-refractivity contribution in [3.63, 3.8) is 0 Å². The van der Waals surface area contributed by atoms with Crippen LogP contribution in [-0.4, -0.2) is 4.98 Å². The van der Waals surface area contributed by atoms with Crippen LogP contribution in [0.5, 0.6) is 0 Å². The van der Waals surface area contributed by atoms with Crippen molar-refractivity contribution in [3.8, 4) is 0 Å². The first kappa shape index (κ1) is 12.3. The van der Waals surface area contributed by atoms with E-state index in [-0.39, 0.29) is 0 Å². The number of benzene rings is 1. The second-order valence-electron chi connectivity index (χ2n) is 3.76. The highest BCUT2D eigenvalue weighted by molar-refractivity contribution is 7.98. The molecule has 0 saturated carbocycles. The molecule has 1 aromatic heterocycles. The molecule has 0 saturated heterocycles. The standard InChI is InChI=1S/C13H13ClN2S/c1-9-7-16-13(6-12(9)15)17-8-10-4-2-3-5-11(10)14/h2-7H,8H2,1H3,(H2,15,16).